The molecular weight excluding hydrogens is 258 g/mol. The average Bonchev–Trinajstić information content (AvgIpc) is 2.69. The van der Waals surface area contributed by atoms with Gasteiger partial charge in [-0.3, -0.25) is 0 Å². The highest BCUT2D eigenvalue weighted by atomic mass is 32.1. The number of rotatable bonds is 2. The van der Waals surface area contributed by atoms with Crippen molar-refractivity contribution in [2.45, 2.75) is 27.7 Å². The lowest BCUT2D eigenvalue weighted by Crippen LogP contribution is -2.04. The highest BCUT2D eigenvalue weighted by molar-refractivity contribution is 7.15. The highest BCUT2D eigenvalue weighted by Gasteiger charge is 2.21. The van der Waals surface area contributed by atoms with Crippen molar-refractivity contribution in [2.75, 3.05) is 7.11 Å². The molecule has 0 saturated heterocycles. The average molecular weight is 275 g/mol. The quantitative estimate of drug-likeness (QED) is 0.782. The molecule has 2 aromatic rings. The molecule has 0 spiro atoms. The molecule has 0 N–H and O–H groups in total. The van der Waals surface area contributed by atoms with Crippen LogP contribution in [0.2, 0.25) is 0 Å². The molecule has 0 bridgehead atoms. The Labute approximate surface area is 117 Å². The molecule has 1 aromatic heterocycles. The summed E-state index contributed by atoms with van der Waals surface area (Å²) in [6.07, 6.45) is 0. The van der Waals surface area contributed by atoms with Gasteiger partial charge in [0.2, 0.25) is 0 Å². The predicted molar refractivity (Wildman–Crippen MR) is 77.8 cm³/mol. The minimum atomic E-state index is -0.376. The standard InChI is InChI=1S/C15H17NO2S/c1-8-6-9(2)12(10(3)7-8)14-13(15(17)18-5)16-11(4)19-14/h6-7H,1-5H3. The molecule has 0 aliphatic carbocycles. The number of benzene rings is 1. The van der Waals surface area contributed by atoms with Crippen LogP contribution in [0.25, 0.3) is 10.4 Å². The smallest absolute Gasteiger partial charge is 0.358 e. The van der Waals surface area contributed by atoms with E-state index in [0.29, 0.717) is 5.69 Å². The summed E-state index contributed by atoms with van der Waals surface area (Å²) in [6.45, 7) is 8.10. The summed E-state index contributed by atoms with van der Waals surface area (Å²) in [4.78, 5) is 17.0. The van der Waals surface area contributed by atoms with Crippen molar-refractivity contribution in [1.82, 2.24) is 4.98 Å². The lowest BCUT2D eigenvalue weighted by Gasteiger charge is -2.10. The molecule has 0 amide bonds. The van der Waals surface area contributed by atoms with E-state index in [1.165, 1.54) is 24.0 Å². The molecule has 1 aromatic carbocycles. The van der Waals surface area contributed by atoms with Gasteiger partial charge in [-0.05, 0) is 38.8 Å². The Kier molecular flexibility index (Phi) is 3.71. The molecular formula is C15H17NO2S. The molecule has 0 aliphatic rings. The van der Waals surface area contributed by atoms with Gasteiger partial charge in [0.25, 0.3) is 0 Å². The summed E-state index contributed by atoms with van der Waals surface area (Å²) in [6, 6.07) is 4.25. The number of methoxy groups -OCH3 is 1. The number of aromatic nitrogens is 1. The van der Waals surface area contributed by atoms with E-state index < -0.39 is 0 Å². The number of thiazole rings is 1. The second-order valence-corrected chi connectivity index (χ2v) is 5.88. The van der Waals surface area contributed by atoms with Gasteiger partial charge in [-0.15, -0.1) is 11.3 Å². The van der Waals surface area contributed by atoms with Crippen molar-refractivity contribution in [1.29, 1.82) is 0 Å². The fraction of sp³-hybridized carbons (Fsp3) is 0.333. The number of hydrogen-bond donors (Lipinski definition) is 0. The summed E-state index contributed by atoms with van der Waals surface area (Å²) in [5.74, 6) is -0.376. The first-order valence-electron chi connectivity index (χ1n) is 6.08. The third-order valence-electron chi connectivity index (χ3n) is 3.02. The van der Waals surface area contributed by atoms with Gasteiger partial charge in [-0.25, -0.2) is 9.78 Å². The van der Waals surface area contributed by atoms with E-state index in [4.69, 9.17) is 4.74 Å². The Balaban J connectivity index is 2.69. The van der Waals surface area contributed by atoms with E-state index >= 15 is 0 Å². The molecule has 0 atom stereocenters. The zero-order valence-electron chi connectivity index (χ0n) is 11.8. The highest BCUT2D eigenvalue weighted by Crippen LogP contribution is 2.35. The van der Waals surface area contributed by atoms with E-state index in [1.807, 2.05) is 6.92 Å². The summed E-state index contributed by atoms with van der Waals surface area (Å²) < 4.78 is 4.82. The maximum atomic E-state index is 11.8. The van der Waals surface area contributed by atoms with Gasteiger partial charge in [0, 0.05) is 5.56 Å². The molecule has 0 radical (unpaired) electrons. The van der Waals surface area contributed by atoms with Crippen LogP contribution >= 0.6 is 11.3 Å². The Bertz CT molecular complexity index is 621. The van der Waals surface area contributed by atoms with Crippen LogP contribution in [0, 0.1) is 27.7 Å². The molecule has 3 nitrogen and oxygen atoms in total. The van der Waals surface area contributed by atoms with Crippen LogP contribution in [0.3, 0.4) is 0 Å². The summed E-state index contributed by atoms with van der Waals surface area (Å²) in [5, 5.41) is 0.870. The summed E-state index contributed by atoms with van der Waals surface area (Å²) in [5.41, 5.74) is 5.05. The van der Waals surface area contributed by atoms with Crippen molar-refractivity contribution >= 4 is 17.3 Å². The molecule has 4 heteroatoms. The molecule has 0 fully saturated rings. The van der Waals surface area contributed by atoms with Gasteiger partial charge < -0.3 is 4.74 Å². The van der Waals surface area contributed by atoms with Gasteiger partial charge in [-0.1, -0.05) is 17.7 Å². The minimum absolute atomic E-state index is 0.376. The molecule has 0 aliphatic heterocycles. The van der Waals surface area contributed by atoms with Crippen LogP contribution in [-0.2, 0) is 4.74 Å². The van der Waals surface area contributed by atoms with Crippen molar-refractivity contribution < 1.29 is 9.53 Å². The fourth-order valence-corrected chi connectivity index (χ4v) is 3.45. The fourth-order valence-electron chi connectivity index (χ4n) is 2.37. The van der Waals surface area contributed by atoms with Crippen LogP contribution in [0.15, 0.2) is 12.1 Å². The third-order valence-corrected chi connectivity index (χ3v) is 4.01. The molecule has 19 heavy (non-hydrogen) atoms. The molecule has 100 valence electrons. The van der Waals surface area contributed by atoms with E-state index in [0.717, 1.165) is 26.6 Å². The number of ether oxygens (including phenoxy) is 1. The minimum Gasteiger partial charge on any atom is -0.464 e. The zero-order chi connectivity index (χ0) is 14.2. The molecule has 1 heterocycles. The van der Waals surface area contributed by atoms with Gasteiger partial charge in [0.15, 0.2) is 5.69 Å². The van der Waals surface area contributed by atoms with Gasteiger partial charge in [0.1, 0.15) is 0 Å². The first-order chi connectivity index (χ1) is 8.93. The van der Waals surface area contributed by atoms with E-state index in [-0.39, 0.29) is 5.97 Å². The first kappa shape index (κ1) is 13.7. The monoisotopic (exact) mass is 275 g/mol. The number of carbonyl (C=O) groups excluding carboxylic acids is 1. The van der Waals surface area contributed by atoms with Crippen molar-refractivity contribution in [2.24, 2.45) is 0 Å². The van der Waals surface area contributed by atoms with E-state index in [1.54, 1.807) is 0 Å². The largest absolute Gasteiger partial charge is 0.464 e. The summed E-state index contributed by atoms with van der Waals surface area (Å²) >= 11 is 1.53. The summed E-state index contributed by atoms with van der Waals surface area (Å²) in [7, 11) is 1.38. The number of hydrogen-bond acceptors (Lipinski definition) is 4. The lowest BCUT2D eigenvalue weighted by molar-refractivity contribution is 0.0595. The first-order valence-corrected chi connectivity index (χ1v) is 6.89. The normalized spacial score (nSPS) is 10.6. The number of aryl methyl sites for hydroxylation is 4. The number of esters is 1. The zero-order valence-corrected chi connectivity index (χ0v) is 12.6. The Morgan fingerprint density at radius 1 is 1.16 bits per heavy atom. The van der Waals surface area contributed by atoms with Crippen LogP contribution in [-0.4, -0.2) is 18.1 Å². The van der Waals surface area contributed by atoms with Crippen LogP contribution in [0.4, 0.5) is 0 Å². The molecule has 2 rings (SSSR count). The Hall–Kier alpha value is -1.68. The Morgan fingerprint density at radius 3 is 2.26 bits per heavy atom. The van der Waals surface area contributed by atoms with Crippen molar-refractivity contribution in [3.63, 3.8) is 0 Å². The topological polar surface area (TPSA) is 39.2 Å². The number of carbonyl (C=O) groups is 1. The second-order valence-electron chi connectivity index (χ2n) is 4.68. The van der Waals surface area contributed by atoms with Gasteiger partial charge >= 0.3 is 5.97 Å². The van der Waals surface area contributed by atoms with Crippen molar-refractivity contribution in [3.8, 4) is 10.4 Å². The van der Waals surface area contributed by atoms with E-state index in [9.17, 15) is 4.79 Å². The SMILES string of the molecule is COC(=O)c1nc(C)sc1-c1c(C)cc(C)cc1C. The van der Waals surface area contributed by atoms with Crippen LogP contribution < -0.4 is 0 Å². The van der Waals surface area contributed by atoms with E-state index in [2.05, 4.69) is 37.9 Å². The third kappa shape index (κ3) is 2.54. The second kappa shape index (κ2) is 5.13. The lowest BCUT2D eigenvalue weighted by atomic mass is 9.98. The van der Waals surface area contributed by atoms with Crippen molar-refractivity contribution in [3.05, 3.63) is 39.5 Å². The number of nitrogens with zero attached hydrogens (tertiary/aromatic N) is 1. The molecule has 0 saturated carbocycles. The predicted octanol–water partition coefficient (Wildman–Crippen LogP) is 3.83. The molecule has 0 unspecified atom stereocenters. The van der Waals surface area contributed by atoms with Crippen LogP contribution in [0.1, 0.15) is 32.2 Å². The maximum Gasteiger partial charge on any atom is 0.358 e. The maximum absolute atomic E-state index is 11.8. The van der Waals surface area contributed by atoms with Crippen LogP contribution in [0.5, 0.6) is 0 Å². The van der Waals surface area contributed by atoms with Gasteiger partial charge in [-0.2, -0.15) is 0 Å². The van der Waals surface area contributed by atoms with Gasteiger partial charge in [0.05, 0.1) is 17.0 Å². The Morgan fingerprint density at radius 2 is 1.74 bits per heavy atom.